The Kier molecular flexibility index (Phi) is 12.1. The van der Waals surface area contributed by atoms with E-state index in [4.69, 9.17) is 11.6 Å². The molecule has 164 valence electrons. The van der Waals surface area contributed by atoms with E-state index in [1.54, 1.807) is 6.92 Å². The van der Waals surface area contributed by atoms with Gasteiger partial charge in [0.05, 0.1) is 12.2 Å². The maximum Gasteiger partial charge on any atom is 0.374 e. The molecule has 1 rings (SSSR count). The molecule has 0 bridgehead atoms. The summed E-state index contributed by atoms with van der Waals surface area (Å²) in [4.78, 5) is 35.0. The summed E-state index contributed by atoms with van der Waals surface area (Å²) in [6.07, 6.45) is 13.7. The maximum atomic E-state index is 12.2. The Morgan fingerprint density at radius 1 is 1.28 bits per heavy atom. The average molecular weight is 427 g/mol. The first kappa shape index (κ1) is 25.6. The van der Waals surface area contributed by atoms with Crippen molar-refractivity contribution in [2.75, 3.05) is 12.5 Å². The lowest BCUT2D eigenvalue weighted by Crippen LogP contribution is -2.23. The predicted octanol–water partition coefficient (Wildman–Crippen LogP) is 4.55. The van der Waals surface area contributed by atoms with Gasteiger partial charge in [-0.3, -0.25) is 9.59 Å². The van der Waals surface area contributed by atoms with Crippen molar-refractivity contribution in [2.45, 2.75) is 77.2 Å². The van der Waals surface area contributed by atoms with Gasteiger partial charge >= 0.3 is 5.97 Å². The smallest absolute Gasteiger partial charge is 0.374 e. The highest BCUT2D eigenvalue weighted by molar-refractivity contribution is 6.33. The molecule has 0 amide bonds. The molecule has 6 heteroatoms. The zero-order valence-electron chi connectivity index (χ0n) is 17.7. The van der Waals surface area contributed by atoms with Crippen molar-refractivity contribution in [2.24, 2.45) is 11.8 Å². The minimum Gasteiger partial charge on any atom is -0.460 e. The molecule has 0 aromatic carbocycles. The first-order valence-electron chi connectivity index (χ1n) is 10.6. The highest BCUT2D eigenvalue weighted by Gasteiger charge is 2.32. The van der Waals surface area contributed by atoms with Gasteiger partial charge in [-0.1, -0.05) is 24.3 Å². The third kappa shape index (κ3) is 10.2. The summed E-state index contributed by atoms with van der Waals surface area (Å²) in [6.45, 7) is 3.70. The second kappa shape index (κ2) is 13.7. The molecule has 0 heterocycles. The van der Waals surface area contributed by atoms with Gasteiger partial charge in [-0.2, -0.15) is 0 Å². The number of hydrogen-bond acceptors (Lipinski definition) is 5. The van der Waals surface area contributed by atoms with E-state index in [0.29, 0.717) is 44.4 Å². The fourth-order valence-electron chi connectivity index (χ4n) is 3.57. The minimum absolute atomic E-state index is 0.0172. The Labute approximate surface area is 179 Å². The molecule has 1 fully saturated rings. The van der Waals surface area contributed by atoms with Crippen LogP contribution in [0.2, 0.25) is 0 Å². The van der Waals surface area contributed by atoms with Gasteiger partial charge in [0.2, 0.25) is 5.78 Å². The van der Waals surface area contributed by atoms with Gasteiger partial charge in [0.15, 0.2) is 0 Å². The first-order chi connectivity index (χ1) is 13.8. The highest BCUT2D eigenvalue weighted by atomic mass is 35.5. The molecule has 1 aliphatic carbocycles. The molecule has 3 atom stereocenters. The van der Waals surface area contributed by atoms with Crippen molar-refractivity contribution in [3.05, 3.63) is 24.3 Å². The standard InChI is InChI=1S/C23H35ClO5/c1-3-29-22(27)21(26)12-7-5-4-6-11-19-18(13-14-20(19)25)10-8-15-23(2,28)16-9-17-24/h4,6,8,10,18-19,28H,3,5,7,9,11-17H2,1-2H3/t18-,19+,23?/m0/s1. The van der Waals surface area contributed by atoms with Crippen LogP contribution in [0.25, 0.3) is 0 Å². The van der Waals surface area contributed by atoms with Crippen molar-refractivity contribution < 1.29 is 24.2 Å². The van der Waals surface area contributed by atoms with E-state index in [-0.39, 0.29) is 30.6 Å². The number of allylic oxidation sites excluding steroid dienone is 3. The average Bonchev–Trinajstić information content (AvgIpc) is 3.02. The highest BCUT2D eigenvalue weighted by Crippen LogP contribution is 2.33. The molecule has 1 unspecified atom stereocenters. The van der Waals surface area contributed by atoms with E-state index in [1.807, 2.05) is 25.2 Å². The van der Waals surface area contributed by atoms with Crippen molar-refractivity contribution in [3.8, 4) is 0 Å². The van der Waals surface area contributed by atoms with Crippen LogP contribution in [0.4, 0.5) is 0 Å². The number of Topliss-reactive ketones (excluding diaryl/α,β-unsaturated/α-hetero) is 2. The Morgan fingerprint density at radius 3 is 2.72 bits per heavy atom. The number of esters is 1. The van der Waals surface area contributed by atoms with Gasteiger partial charge in [0.1, 0.15) is 5.78 Å². The summed E-state index contributed by atoms with van der Waals surface area (Å²) in [6, 6.07) is 0. The van der Waals surface area contributed by atoms with Crippen LogP contribution in [0.5, 0.6) is 0 Å². The molecule has 0 radical (unpaired) electrons. The lowest BCUT2D eigenvalue weighted by atomic mass is 9.90. The van der Waals surface area contributed by atoms with Gasteiger partial charge in [0, 0.05) is 24.6 Å². The largest absolute Gasteiger partial charge is 0.460 e. The Morgan fingerprint density at radius 2 is 2.03 bits per heavy atom. The van der Waals surface area contributed by atoms with E-state index in [1.165, 1.54) is 0 Å². The summed E-state index contributed by atoms with van der Waals surface area (Å²) in [5.41, 5.74) is -0.760. The summed E-state index contributed by atoms with van der Waals surface area (Å²) in [7, 11) is 0. The van der Waals surface area contributed by atoms with Gasteiger partial charge < -0.3 is 9.84 Å². The second-order valence-corrected chi connectivity index (χ2v) is 8.32. The van der Waals surface area contributed by atoms with Crippen LogP contribution in [0.1, 0.15) is 71.6 Å². The van der Waals surface area contributed by atoms with Crippen LogP contribution in [0.3, 0.4) is 0 Å². The zero-order chi connectivity index (χ0) is 21.7. The van der Waals surface area contributed by atoms with Crippen LogP contribution < -0.4 is 0 Å². The number of carbonyl (C=O) groups is 3. The topological polar surface area (TPSA) is 80.7 Å². The third-order valence-electron chi connectivity index (χ3n) is 5.28. The van der Waals surface area contributed by atoms with Crippen LogP contribution >= 0.6 is 11.6 Å². The second-order valence-electron chi connectivity index (χ2n) is 7.94. The molecular formula is C23H35ClO5. The molecular weight excluding hydrogens is 392 g/mol. The van der Waals surface area contributed by atoms with Crippen LogP contribution in [0.15, 0.2) is 24.3 Å². The van der Waals surface area contributed by atoms with Crippen LogP contribution in [-0.2, 0) is 19.1 Å². The number of rotatable bonds is 14. The molecule has 5 nitrogen and oxygen atoms in total. The number of halogens is 1. The number of carbonyl (C=O) groups excluding carboxylic acids is 3. The molecule has 0 aliphatic heterocycles. The number of alkyl halides is 1. The van der Waals surface area contributed by atoms with E-state index in [2.05, 4.69) is 10.8 Å². The number of unbranched alkanes of at least 4 members (excludes halogenated alkanes) is 1. The quantitative estimate of drug-likeness (QED) is 0.145. The molecule has 0 aromatic rings. The minimum atomic E-state index is -0.760. The summed E-state index contributed by atoms with van der Waals surface area (Å²) >= 11 is 5.69. The summed E-state index contributed by atoms with van der Waals surface area (Å²) < 4.78 is 4.67. The van der Waals surface area contributed by atoms with Gasteiger partial charge in [-0.25, -0.2) is 4.79 Å². The van der Waals surface area contributed by atoms with Crippen molar-refractivity contribution >= 4 is 29.1 Å². The molecule has 0 saturated heterocycles. The van der Waals surface area contributed by atoms with Gasteiger partial charge in [-0.15, -0.1) is 11.6 Å². The van der Waals surface area contributed by atoms with Crippen molar-refractivity contribution in [1.82, 2.24) is 0 Å². The van der Waals surface area contributed by atoms with Crippen molar-refractivity contribution in [3.63, 3.8) is 0 Å². The predicted molar refractivity (Wildman–Crippen MR) is 115 cm³/mol. The lowest BCUT2D eigenvalue weighted by Gasteiger charge is -2.21. The lowest BCUT2D eigenvalue weighted by molar-refractivity contribution is -0.153. The zero-order valence-corrected chi connectivity index (χ0v) is 18.5. The normalized spacial score (nSPS) is 21.7. The van der Waals surface area contributed by atoms with E-state index >= 15 is 0 Å². The SMILES string of the molecule is CCOC(=O)C(=O)CCCC=CC[C@H]1C(=O)CC[C@@H]1C=CCC(C)(O)CCCCl. The van der Waals surface area contributed by atoms with Crippen LogP contribution in [-0.4, -0.2) is 40.7 Å². The Hall–Kier alpha value is -1.46. The van der Waals surface area contributed by atoms with Crippen LogP contribution in [0, 0.1) is 11.8 Å². The number of hydrogen-bond donors (Lipinski definition) is 1. The van der Waals surface area contributed by atoms with Crippen molar-refractivity contribution in [1.29, 1.82) is 0 Å². The molecule has 1 N–H and O–H groups in total. The number of ketones is 2. The maximum absolute atomic E-state index is 12.2. The fourth-order valence-corrected chi connectivity index (χ4v) is 3.71. The van der Waals surface area contributed by atoms with E-state index in [0.717, 1.165) is 12.8 Å². The molecule has 0 aromatic heterocycles. The Balaban J connectivity index is 2.38. The monoisotopic (exact) mass is 426 g/mol. The van der Waals surface area contributed by atoms with Gasteiger partial charge in [-0.05, 0) is 64.7 Å². The first-order valence-corrected chi connectivity index (χ1v) is 11.2. The third-order valence-corrected chi connectivity index (χ3v) is 5.55. The summed E-state index contributed by atoms with van der Waals surface area (Å²) in [5, 5.41) is 10.3. The van der Waals surface area contributed by atoms with E-state index in [9.17, 15) is 19.5 Å². The fraction of sp³-hybridized carbons (Fsp3) is 0.696. The van der Waals surface area contributed by atoms with E-state index < -0.39 is 17.4 Å². The number of ether oxygens (including phenoxy) is 1. The number of aliphatic hydroxyl groups is 1. The Bertz CT molecular complexity index is 594. The molecule has 0 spiro atoms. The molecule has 1 aliphatic rings. The summed E-state index contributed by atoms with van der Waals surface area (Å²) in [5.74, 6) is -0.223. The van der Waals surface area contributed by atoms with Gasteiger partial charge in [0.25, 0.3) is 0 Å². The molecule has 29 heavy (non-hydrogen) atoms. The molecule has 1 saturated carbocycles.